The molecule has 16 nitrogen and oxygen atoms in total. The molecule has 5 amide bonds. The Bertz CT molecular complexity index is 820. The van der Waals surface area contributed by atoms with Gasteiger partial charge in [-0.2, -0.15) is 0 Å². The molecule has 0 fully saturated rings. The molecule has 0 saturated carbocycles. The topological polar surface area (TPSA) is 316 Å². The molecule has 0 heterocycles. The summed E-state index contributed by atoms with van der Waals surface area (Å²) in [5.41, 5.74) is 38.2. The second-order valence-electron chi connectivity index (χ2n) is 9.22. The number of nitrogens with zero attached hydrogens (tertiary/aromatic N) is 1. The third kappa shape index (κ3) is 16.9. The van der Waals surface area contributed by atoms with Crippen molar-refractivity contribution in [3.8, 4) is 0 Å². The van der Waals surface area contributed by atoms with E-state index in [0.717, 1.165) is 0 Å². The summed E-state index contributed by atoms with van der Waals surface area (Å²) in [6.07, 6.45) is 3.14. The maximum Gasteiger partial charge on any atom is 0.243 e. The maximum atomic E-state index is 13.2. The van der Waals surface area contributed by atoms with Crippen molar-refractivity contribution in [3.05, 3.63) is 0 Å². The Kier molecular flexibility index (Phi) is 18.6. The van der Waals surface area contributed by atoms with E-state index in [2.05, 4.69) is 20.9 Å². The highest BCUT2D eigenvalue weighted by atomic mass is 16.2. The predicted octanol–water partition coefficient (Wildman–Crippen LogP) is -4.17. The number of aliphatic imine (C=N–C) groups is 1. The Labute approximate surface area is 228 Å². The lowest BCUT2D eigenvalue weighted by Gasteiger charge is -2.25. The third-order valence-corrected chi connectivity index (χ3v) is 5.80. The van der Waals surface area contributed by atoms with E-state index >= 15 is 0 Å². The van der Waals surface area contributed by atoms with Gasteiger partial charge in [-0.05, 0) is 70.9 Å². The van der Waals surface area contributed by atoms with Crippen molar-refractivity contribution in [2.24, 2.45) is 45.1 Å². The van der Waals surface area contributed by atoms with Gasteiger partial charge in [-0.1, -0.05) is 0 Å². The van der Waals surface area contributed by atoms with Gasteiger partial charge in [-0.25, -0.2) is 0 Å². The van der Waals surface area contributed by atoms with Crippen LogP contribution in [0.25, 0.3) is 0 Å². The minimum absolute atomic E-state index is 0.0843. The van der Waals surface area contributed by atoms with Crippen LogP contribution in [0, 0.1) is 0 Å². The number of carbonyl (C=O) groups excluding carboxylic acids is 5. The first-order valence-electron chi connectivity index (χ1n) is 13.1. The number of primary amides is 2. The van der Waals surface area contributed by atoms with Crippen molar-refractivity contribution < 1.29 is 24.0 Å². The smallest absolute Gasteiger partial charge is 0.243 e. The van der Waals surface area contributed by atoms with Crippen LogP contribution >= 0.6 is 0 Å². The fourth-order valence-electron chi connectivity index (χ4n) is 3.57. The molecule has 16 heteroatoms. The first kappa shape index (κ1) is 35.5. The molecule has 17 N–H and O–H groups in total. The summed E-state index contributed by atoms with van der Waals surface area (Å²) in [5.74, 6) is -3.45. The Hall–Kier alpha value is -3.50. The minimum Gasteiger partial charge on any atom is -0.370 e. The van der Waals surface area contributed by atoms with Crippen molar-refractivity contribution >= 4 is 35.5 Å². The molecule has 4 atom stereocenters. The van der Waals surface area contributed by atoms with Gasteiger partial charge in [0.2, 0.25) is 29.5 Å². The Morgan fingerprint density at radius 3 is 1.59 bits per heavy atom. The second-order valence-corrected chi connectivity index (χ2v) is 9.22. The van der Waals surface area contributed by atoms with Gasteiger partial charge in [0.15, 0.2) is 5.96 Å². The molecule has 0 radical (unpaired) electrons. The third-order valence-electron chi connectivity index (χ3n) is 5.80. The second kappa shape index (κ2) is 20.5. The maximum absolute atomic E-state index is 13.2. The summed E-state index contributed by atoms with van der Waals surface area (Å²) < 4.78 is 0. The number of nitrogens with one attached hydrogen (secondary N) is 3. The molecule has 0 aromatic heterocycles. The van der Waals surface area contributed by atoms with Crippen LogP contribution in [-0.2, 0) is 24.0 Å². The highest BCUT2D eigenvalue weighted by Crippen LogP contribution is 2.07. The van der Waals surface area contributed by atoms with E-state index < -0.39 is 53.7 Å². The van der Waals surface area contributed by atoms with Crippen LogP contribution in [0.2, 0.25) is 0 Å². The van der Waals surface area contributed by atoms with Crippen molar-refractivity contribution in [2.75, 3.05) is 19.6 Å². The number of carbonyl (C=O) groups is 5. The summed E-state index contributed by atoms with van der Waals surface area (Å²) >= 11 is 0. The van der Waals surface area contributed by atoms with E-state index in [0.29, 0.717) is 51.6 Å². The molecule has 0 aliphatic rings. The lowest BCUT2D eigenvalue weighted by atomic mass is 10.0. The minimum atomic E-state index is -1.20. The van der Waals surface area contributed by atoms with E-state index in [1.54, 1.807) is 0 Å². The zero-order valence-electron chi connectivity index (χ0n) is 22.5. The monoisotopic (exact) mass is 557 g/mol. The van der Waals surface area contributed by atoms with Gasteiger partial charge in [0.05, 0.1) is 6.04 Å². The van der Waals surface area contributed by atoms with Crippen LogP contribution in [0.4, 0.5) is 0 Å². The number of amides is 5. The quantitative estimate of drug-likeness (QED) is 0.0347. The molecule has 0 aromatic rings. The molecular formula is C23H47N11O5. The largest absolute Gasteiger partial charge is 0.370 e. The summed E-state index contributed by atoms with van der Waals surface area (Å²) in [5, 5.41) is 7.71. The van der Waals surface area contributed by atoms with Gasteiger partial charge >= 0.3 is 0 Å². The van der Waals surface area contributed by atoms with Gasteiger partial charge in [0.1, 0.15) is 18.1 Å². The van der Waals surface area contributed by atoms with Crippen LogP contribution in [0.1, 0.15) is 64.2 Å². The molecule has 0 spiro atoms. The summed E-state index contributed by atoms with van der Waals surface area (Å²) in [4.78, 5) is 65.9. The van der Waals surface area contributed by atoms with Gasteiger partial charge in [-0.3, -0.25) is 29.0 Å². The molecular weight excluding hydrogens is 510 g/mol. The molecule has 0 saturated heterocycles. The van der Waals surface area contributed by atoms with Crippen LogP contribution in [0.15, 0.2) is 4.99 Å². The molecule has 224 valence electrons. The van der Waals surface area contributed by atoms with Gasteiger partial charge in [-0.15, -0.1) is 0 Å². The molecule has 0 aliphatic carbocycles. The SMILES string of the molecule is NCCCC[C@H](NC(=O)[C@H](CCCCN)NC(=O)[C@H](CCC(N)=O)NC(=O)[C@@H](N)CCCN=C(N)N)C(N)=O. The number of nitrogens with two attached hydrogens (primary N) is 7. The van der Waals surface area contributed by atoms with E-state index in [1.807, 2.05) is 0 Å². The zero-order valence-corrected chi connectivity index (χ0v) is 22.5. The summed E-state index contributed by atoms with van der Waals surface area (Å²) in [7, 11) is 0. The van der Waals surface area contributed by atoms with Crippen molar-refractivity contribution in [1.82, 2.24) is 16.0 Å². The first-order valence-corrected chi connectivity index (χ1v) is 13.1. The van der Waals surface area contributed by atoms with E-state index in [4.69, 9.17) is 40.1 Å². The Morgan fingerprint density at radius 1 is 0.615 bits per heavy atom. The molecule has 0 rings (SSSR count). The standard InChI is InChI=1S/C23H47N11O5/c24-11-3-1-7-15(19(28)36)32-21(38)16(8-2-4-12-25)34-22(39)17(9-10-18(27)35)33-20(37)14(26)6-5-13-31-23(29)30/h14-17H,1-13,24-26H2,(H2,27,35)(H2,28,36)(H,32,38)(H,33,37)(H,34,39)(H4,29,30,31)/t14-,15-,16-,17-/m0/s1. The summed E-state index contributed by atoms with van der Waals surface area (Å²) in [6.45, 7) is 1.08. The number of rotatable bonds is 22. The number of hydrogen-bond donors (Lipinski definition) is 10. The van der Waals surface area contributed by atoms with Gasteiger partial charge in [0, 0.05) is 13.0 Å². The van der Waals surface area contributed by atoms with Crippen LogP contribution in [-0.4, -0.2) is 79.3 Å². The predicted molar refractivity (Wildman–Crippen MR) is 147 cm³/mol. The number of guanidine groups is 1. The lowest BCUT2D eigenvalue weighted by Crippen LogP contribution is -2.57. The number of hydrogen-bond acceptors (Lipinski definition) is 9. The van der Waals surface area contributed by atoms with Gasteiger partial charge < -0.3 is 56.1 Å². The normalized spacial score (nSPS) is 13.8. The molecule has 0 aromatic carbocycles. The van der Waals surface area contributed by atoms with Crippen LogP contribution in [0.3, 0.4) is 0 Å². The van der Waals surface area contributed by atoms with E-state index in [-0.39, 0.29) is 38.2 Å². The van der Waals surface area contributed by atoms with Crippen molar-refractivity contribution in [3.63, 3.8) is 0 Å². The van der Waals surface area contributed by atoms with Crippen LogP contribution in [0.5, 0.6) is 0 Å². The first-order chi connectivity index (χ1) is 18.4. The highest BCUT2D eigenvalue weighted by Gasteiger charge is 2.29. The van der Waals surface area contributed by atoms with E-state index in [1.165, 1.54) is 0 Å². The number of unbranched alkanes of at least 4 members (excludes halogenated alkanes) is 2. The fourth-order valence-corrected chi connectivity index (χ4v) is 3.57. The summed E-state index contributed by atoms with van der Waals surface area (Å²) in [6, 6.07) is -4.17. The molecule has 0 unspecified atom stereocenters. The van der Waals surface area contributed by atoms with E-state index in [9.17, 15) is 24.0 Å². The van der Waals surface area contributed by atoms with Crippen molar-refractivity contribution in [2.45, 2.75) is 88.4 Å². The molecule has 39 heavy (non-hydrogen) atoms. The Balaban J connectivity index is 5.49. The molecule has 0 bridgehead atoms. The van der Waals surface area contributed by atoms with Crippen molar-refractivity contribution in [1.29, 1.82) is 0 Å². The Morgan fingerprint density at radius 2 is 1.10 bits per heavy atom. The highest BCUT2D eigenvalue weighted by molar-refractivity contribution is 5.94. The average molecular weight is 558 g/mol. The zero-order chi connectivity index (χ0) is 29.8. The molecule has 0 aliphatic heterocycles. The van der Waals surface area contributed by atoms with Gasteiger partial charge in [0.25, 0.3) is 0 Å². The fraction of sp³-hybridized carbons (Fsp3) is 0.739. The lowest BCUT2D eigenvalue weighted by molar-refractivity contribution is -0.134. The van der Waals surface area contributed by atoms with Crippen LogP contribution < -0.4 is 56.1 Å². The average Bonchev–Trinajstić information content (AvgIpc) is 2.87.